The standard InChI is InChI=1S/C18H24Cl2N2O11P2.4Na/c19-5-7-22(8-6-20)12-3-1-11(2-4-12)9-14(17(26)27)21-15(23)10-13(16(24)25)18(34(28,29)30)35(31,32)33;;;;/h1-4,10,14,18H,5-9H2,(H,21,23)(H,24,25)(H,26,27)(H2,28,29,30)(H2,31,32,33);;;;/b13-10+;;;;/t14-;;;;/m0..../s1. The van der Waals surface area contributed by atoms with E-state index < -0.39 is 50.1 Å². The molecule has 0 aliphatic carbocycles. The van der Waals surface area contributed by atoms with Gasteiger partial charge in [-0.2, -0.15) is 0 Å². The summed E-state index contributed by atoms with van der Waals surface area (Å²) in [5.74, 6) is -4.43. The van der Waals surface area contributed by atoms with Crippen LogP contribution in [0.4, 0.5) is 5.69 Å². The van der Waals surface area contributed by atoms with Crippen LogP contribution in [0, 0.1) is 0 Å². The summed E-state index contributed by atoms with van der Waals surface area (Å²) in [4.78, 5) is 74.0. The van der Waals surface area contributed by atoms with Crippen molar-refractivity contribution >= 4 is 180 Å². The SMILES string of the molecule is O=C(/C=C(\C(=O)O)C(P(=O)(O)O)P(=O)(O)O)N[C@@H](Cc1ccc(N(CCCl)CCCl)cc1)C(=O)O.[Na].[Na].[Na].[Na]. The van der Waals surface area contributed by atoms with Crippen LogP contribution in [0.5, 0.6) is 0 Å². The van der Waals surface area contributed by atoms with Gasteiger partial charge in [-0.1, -0.05) is 12.1 Å². The summed E-state index contributed by atoms with van der Waals surface area (Å²) in [6.45, 7) is 1.04. The topological polar surface area (TPSA) is 222 Å². The molecule has 39 heavy (non-hydrogen) atoms. The van der Waals surface area contributed by atoms with E-state index in [9.17, 15) is 53.3 Å². The van der Waals surface area contributed by atoms with E-state index >= 15 is 0 Å². The van der Waals surface area contributed by atoms with E-state index in [2.05, 4.69) is 0 Å². The molecule has 0 aliphatic heterocycles. The van der Waals surface area contributed by atoms with Crippen molar-refractivity contribution in [3.05, 3.63) is 41.5 Å². The Morgan fingerprint density at radius 3 is 1.64 bits per heavy atom. The average Bonchev–Trinajstić information content (AvgIpc) is 2.71. The minimum absolute atomic E-state index is 0. The van der Waals surface area contributed by atoms with E-state index in [1.54, 1.807) is 24.3 Å². The van der Waals surface area contributed by atoms with Crippen LogP contribution < -0.4 is 10.2 Å². The van der Waals surface area contributed by atoms with Gasteiger partial charge in [0.25, 0.3) is 0 Å². The number of carbonyl (C=O) groups is 3. The Hall–Kier alpha value is 2.05. The van der Waals surface area contributed by atoms with E-state index in [4.69, 9.17) is 23.2 Å². The number of nitrogens with one attached hydrogen (secondary N) is 1. The number of halogens is 2. The van der Waals surface area contributed by atoms with Gasteiger partial charge < -0.3 is 40.0 Å². The Morgan fingerprint density at radius 1 is 0.872 bits per heavy atom. The number of carboxylic acid groups (broad SMARTS) is 2. The molecule has 1 amide bonds. The molecule has 0 spiro atoms. The van der Waals surface area contributed by atoms with Crippen molar-refractivity contribution in [1.82, 2.24) is 5.32 Å². The first-order valence-electron chi connectivity index (χ1n) is 9.66. The van der Waals surface area contributed by atoms with Crippen molar-refractivity contribution in [2.75, 3.05) is 29.7 Å². The molecule has 7 N–H and O–H groups in total. The molecule has 0 bridgehead atoms. The van der Waals surface area contributed by atoms with Crippen molar-refractivity contribution in [3.63, 3.8) is 0 Å². The number of hydrogen-bond acceptors (Lipinski definition) is 6. The second-order valence-electron chi connectivity index (χ2n) is 7.09. The first-order valence-corrected chi connectivity index (χ1v) is 14.1. The molecule has 4 radical (unpaired) electrons. The van der Waals surface area contributed by atoms with Gasteiger partial charge in [0.15, 0.2) is 5.40 Å². The second-order valence-corrected chi connectivity index (χ2v) is 11.6. The Bertz CT molecular complexity index is 1030. The van der Waals surface area contributed by atoms with Crippen LogP contribution in [0.15, 0.2) is 35.9 Å². The van der Waals surface area contributed by atoms with Gasteiger partial charge in [0.05, 0.1) is 5.57 Å². The molecule has 0 heterocycles. The van der Waals surface area contributed by atoms with Crippen LogP contribution in [0.2, 0.25) is 0 Å². The molecule has 1 rings (SSSR count). The van der Waals surface area contributed by atoms with E-state index in [0.717, 1.165) is 5.69 Å². The minimum Gasteiger partial charge on any atom is -0.480 e. The summed E-state index contributed by atoms with van der Waals surface area (Å²) in [5.41, 5.74) is -0.346. The third kappa shape index (κ3) is 17.2. The summed E-state index contributed by atoms with van der Waals surface area (Å²) >= 11 is 11.5. The number of carboxylic acids is 2. The summed E-state index contributed by atoms with van der Waals surface area (Å²) in [6.07, 6.45) is -0.219. The van der Waals surface area contributed by atoms with Gasteiger partial charge in [0, 0.05) is 161 Å². The van der Waals surface area contributed by atoms with Gasteiger partial charge in [-0.05, 0) is 17.7 Å². The van der Waals surface area contributed by atoms with Crippen LogP contribution in [0.25, 0.3) is 0 Å². The maximum atomic E-state index is 12.3. The second kappa shape index (κ2) is 22.5. The molecule has 0 saturated carbocycles. The Labute approximate surface area is 323 Å². The summed E-state index contributed by atoms with van der Waals surface area (Å²) in [7, 11) is -11.4. The monoisotopic (exact) mass is 668 g/mol. The molecule has 0 fully saturated rings. The fourth-order valence-corrected chi connectivity index (χ4v) is 6.08. The van der Waals surface area contributed by atoms with Crippen molar-refractivity contribution in [2.45, 2.75) is 17.9 Å². The molecule has 0 aliphatic rings. The van der Waals surface area contributed by atoms with Gasteiger partial charge in [0.2, 0.25) is 5.91 Å². The Kier molecular flexibility index (Phi) is 27.7. The zero-order valence-electron chi connectivity index (χ0n) is 21.9. The molecule has 0 unspecified atom stereocenters. The van der Waals surface area contributed by atoms with Gasteiger partial charge in [0.1, 0.15) is 6.04 Å². The van der Waals surface area contributed by atoms with E-state index in [1.165, 1.54) is 0 Å². The van der Waals surface area contributed by atoms with Crippen molar-refractivity contribution in [3.8, 4) is 0 Å². The third-order valence-electron chi connectivity index (χ3n) is 4.51. The minimum atomic E-state index is -5.72. The third-order valence-corrected chi connectivity index (χ3v) is 8.49. The number of rotatable bonds is 14. The number of benzene rings is 1. The number of aliphatic carboxylic acids is 2. The van der Waals surface area contributed by atoms with Crippen LogP contribution in [-0.2, 0) is 29.9 Å². The smallest absolute Gasteiger partial charge is 0.345 e. The van der Waals surface area contributed by atoms with Gasteiger partial charge >= 0.3 is 27.1 Å². The maximum Gasteiger partial charge on any atom is 0.345 e. The zero-order chi connectivity index (χ0) is 27.0. The summed E-state index contributed by atoms with van der Waals surface area (Å²) in [6, 6.07) is 4.93. The largest absolute Gasteiger partial charge is 0.480 e. The first-order chi connectivity index (χ1) is 16.1. The fraction of sp³-hybridized carbons (Fsp3) is 0.389. The molecule has 1 aromatic carbocycles. The van der Waals surface area contributed by atoms with Gasteiger partial charge in [-0.25, -0.2) is 9.59 Å². The van der Waals surface area contributed by atoms with E-state index in [1.807, 2.05) is 10.2 Å². The first kappa shape index (κ1) is 48.0. The molecule has 13 nitrogen and oxygen atoms in total. The molecular formula is C18H24Cl2N2Na4O11P2. The van der Waals surface area contributed by atoms with Crippen LogP contribution in [-0.4, -0.2) is 202 Å². The normalized spacial score (nSPS) is 12.0. The average molecular weight is 669 g/mol. The number of anilines is 1. The Balaban J connectivity index is -0.00000153. The zero-order valence-corrected chi connectivity index (χ0v) is 33.2. The van der Waals surface area contributed by atoms with Crippen molar-refractivity contribution in [2.24, 2.45) is 0 Å². The molecular weight excluding hydrogens is 645 g/mol. The fourth-order valence-electron chi connectivity index (χ4n) is 3.01. The van der Waals surface area contributed by atoms with Crippen LogP contribution in [0.3, 0.4) is 0 Å². The summed E-state index contributed by atoms with van der Waals surface area (Å²) < 4.78 is 23.0. The number of amides is 1. The molecule has 1 atom stereocenters. The number of hydrogen-bond donors (Lipinski definition) is 7. The van der Waals surface area contributed by atoms with E-state index in [0.29, 0.717) is 30.4 Å². The molecule has 200 valence electrons. The number of nitrogens with zero attached hydrogens (tertiary/aromatic N) is 1. The number of alkyl halides is 2. The maximum absolute atomic E-state index is 12.3. The summed E-state index contributed by atoms with van der Waals surface area (Å²) in [5, 5.41) is 17.5. The van der Waals surface area contributed by atoms with Gasteiger partial charge in [-0.15, -0.1) is 23.2 Å². The molecule has 1 aromatic rings. The molecule has 0 aromatic heterocycles. The quantitative estimate of drug-likeness (QED) is 0.0563. The van der Waals surface area contributed by atoms with Gasteiger partial charge in [-0.3, -0.25) is 13.9 Å². The van der Waals surface area contributed by atoms with Crippen LogP contribution >= 0.6 is 38.4 Å². The number of carbonyl (C=O) groups excluding carboxylic acids is 1. The van der Waals surface area contributed by atoms with E-state index in [-0.39, 0.29) is 131 Å². The van der Waals surface area contributed by atoms with Crippen molar-refractivity contribution in [1.29, 1.82) is 0 Å². The van der Waals surface area contributed by atoms with Crippen LogP contribution in [0.1, 0.15) is 5.56 Å². The molecule has 0 saturated heterocycles. The predicted octanol–water partition coefficient (Wildman–Crippen LogP) is -0.748. The molecule has 21 heteroatoms. The Morgan fingerprint density at radius 2 is 1.31 bits per heavy atom. The predicted molar refractivity (Wildman–Crippen MR) is 150 cm³/mol. The van der Waals surface area contributed by atoms with Crippen molar-refractivity contribution < 1.29 is 53.3 Å².